The molecule has 6 heteroatoms. The first kappa shape index (κ1) is 19.2. The molecule has 0 spiro atoms. The van der Waals surface area contributed by atoms with Crippen LogP contribution >= 0.6 is 0 Å². The summed E-state index contributed by atoms with van der Waals surface area (Å²) in [5, 5.41) is 5.26. The number of anilines is 1. The fourth-order valence-electron chi connectivity index (χ4n) is 2.35. The summed E-state index contributed by atoms with van der Waals surface area (Å²) in [4.78, 5) is 35.6. The number of aldehydes is 1. The number of carbonyl (C=O) groups excluding carboxylic acids is 3. The molecule has 6 nitrogen and oxygen atoms in total. The Morgan fingerprint density at radius 2 is 1.69 bits per heavy atom. The van der Waals surface area contributed by atoms with Crippen molar-refractivity contribution < 1.29 is 19.1 Å². The number of alkyl carbamates (subject to hydrolysis) is 1. The van der Waals surface area contributed by atoms with Gasteiger partial charge in [0.1, 0.15) is 12.6 Å². The topological polar surface area (TPSA) is 84.5 Å². The van der Waals surface area contributed by atoms with Crippen LogP contribution in [-0.4, -0.2) is 24.3 Å². The maximum atomic E-state index is 12.5. The van der Waals surface area contributed by atoms with Crippen LogP contribution in [0.5, 0.6) is 0 Å². The molecule has 0 unspecified atom stereocenters. The molecule has 0 aliphatic carbocycles. The summed E-state index contributed by atoms with van der Waals surface area (Å²) in [6.45, 7) is 3.74. The molecular weight excluding hydrogens is 332 g/mol. The highest BCUT2D eigenvalue weighted by Crippen LogP contribution is 2.14. The van der Waals surface area contributed by atoms with Gasteiger partial charge in [-0.25, -0.2) is 4.79 Å². The fourth-order valence-corrected chi connectivity index (χ4v) is 2.35. The zero-order valence-electron chi connectivity index (χ0n) is 14.8. The number of amides is 2. The summed E-state index contributed by atoms with van der Waals surface area (Å²) in [6, 6.07) is 15.1. The number of nitrogens with one attached hydrogen (secondary N) is 2. The normalized spacial score (nSPS) is 11.5. The Kier molecular flexibility index (Phi) is 6.91. The van der Waals surface area contributed by atoms with Gasteiger partial charge in [0.25, 0.3) is 0 Å². The Hall–Kier alpha value is -3.15. The van der Waals surface area contributed by atoms with Crippen molar-refractivity contribution in [1.29, 1.82) is 0 Å². The van der Waals surface area contributed by atoms with E-state index in [9.17, 15) is 14.4 Å². The fraction of sp³-hybridized carbons (Fsp3) is 0.250. The molecule has 1 atom stereocenters. The zero-order valence-corrected chi connectivity index (χ0v) is 14.8. The standard InChI is InChI=1S/C20H22N2O4/c1-14(2)18(19(24)21-17-11-7-6-10-16(17)12-23)22-20(25)26-13-15-8-4-3-5-9-15/h3-12,14,18H,13H2,1-2H3,(H,21,24)(H,22,25)/t18-/m0/s1. The number of hydrogen-bond donors (Lipinski definition) is 2. The Morgan fingerprint density at radius 1 is 1.04 bits per heavy atom. The first-order valence-corrected chi connectivity index (χ1v) is 8.33. The third-order valence-electron chi connectivity index (χ3n) is 3.78. The molecule has 136 valence electrons. The molecule has 2 rings (SSSR count). The lowest BCUT2D eigenvalue weighted by atomic mass is 10.0. The second-order valence-corrected chi connectivity index (χ2v) is 6.12. The molecule has 0 fully saturated rings. The smallest absolute Gasteiger partial charge is 0.408 e. The van der Waals surface area contributed by atoms with Crippen molar-refractivity contribution in [3.8, 4) is 0 Å². The van der Waals surface area contributed by atoms with Crippen LogP contribution < -0.4 is 10.6 Å². The molecule has 0 saturated heterocycles. The van der Waals surface area contributed by atoms with Crippen LogP contribution in [0.2, 0.25) is 0 Å². The van der Waals surface area contributed by atoms with Gasteiger partial charge in [0.15, 0.2) is 6.29 Å². The average Bonchev–Trinajstić information content (AvgIpc) is 2.65. The Morgan fingerprint density at radius 3 is 2.35 bits per heavy atom. The van der Waals surface area contributed by atoms with Crippen molar-refractivity contribution in [2.75, 3.05) is 5.32 Å². The molecule has 0 radical (unpaired) electrons. The minimum Gasteiger partial charge on any atom is -0.445 e. The van der Waals surface area contributed by atoms with E-state index in [0.29, 0.717) is 17.5 Å². The van der Waals surface area contributed by atoms with Gasteiger partial charge >= 0.3 is 6.09 Å². The van der Waals surface area contributed by atoms with Crippen LogP contribution in [0.25, 0.3) is 0 Å². The summed E-state index contributed by atoms with van der Waals surface area (Å²) in [6.07, 6.45) is -0.00645. The molecule has 2 aromatic carbocycles. The molecular formula is C20H22N2O4. The predicted octanol–water partition coefficient (Wildman–Crippen LogP) is 3.39. The molecule has 2 amide bonds. The van der Waals surface area contributed by atoms with Crippen LogP contribution in [0.3, 0.4) is 0 Å². The van der Waals surface area contributed by atoms with Crippen molar-refractivity contribution in [1.82, 2.24) is 5.32 Å². The second-order valence-electron chi connectivity index (χ2n) is 6.12. The Labute approximate surface area is 152 Å². The van der Waals surface area contributed by atoms with Gasteiger partial charge in [-0.15, -0.1) is 0 Å². The van der Waals surface area contributed by atoms with E-state index in [1.165, 1.54) is 0 Å². The summed E-state index contributed by atoms with van der Waals surface area (Å²) in [5.41, 5.74) is 1.63. The van der Waals surface area contributed by atoms with Crippen molar-refractivity contribution in [3.05, 3.63) is 65.7 Å². The summed E-state index contributed by atoms with van der Waals surface area (Å²) < 4.78 is 5.17. The summed E-state index contributed by atoms with van der Waals surface area (Å²) in [5.74, 6) is -0.575. The van der Waals surface area contributed by atoms with E-state index in [-0.39, 0.29) is 12.5 Å². The third kappa shape index (κ3) is 5.44. The third-order valence-corrected chi connectivity index (χ3v) is 3.78. The van der Waals surface area contributed by atoms with Crippen LogP contribution in [-0.2, 0) is 16.1 Å². The highest BCUT2D eigenvalue weighted by atomic mass is 16.5. The Balaban J connectivity index is 1.97. The van der Waals surface area contributed by atoms with E-state index in [2.05, 4.69) is 10.6 Å². The van der Waals surface area contributed by atoms with E-state index in [4.69, 9.17) is 4.74 Å². The maximum absolute atomic E-state index is 12.5. The van der Waals surface area contributed by atoms with Crippen LogP contribution in [0, 0.1) is 5.92 Å². The highest BCUT2D eigenvalue weighted by Gasteiger charge is 2.25. The number of rotatable bonds is 7. The van der Waals surface area contributed by atoms with Gasteiger partial charge in [-0.1, -0.05) is 56.3 Å². The number of benzene rings is 2. The van der Waals surface area contributed by atoms with Crippen molar-refractivity contribution in [2.24, 2.45) is 5.92 Å². The van der Waals surface area contributed by atoms with E-state index in [1.807, 2.05) is 44.2 Å². The monoisotopic (exact) mass is 354 g/mol. The zero-order chi connectivity index (χ0) is 18.9. The van der Waals surface area contributed by atoms with Gasteiger partial charge in [0.2, 0.25) is 5.91 Å². The maximum Gasteiger partial charge on any atom is 0.408 e. The lowest BCUT2D eigenvalue weighted by molar-refractivity contribution is -0.119. The predicted molar refractivity (Wildman–Crippen MR) is 98.8 cm³/mol. The molecule has 0 aliphatic heterocycles. The van der Waals surface area contributed by atoms with Crippen LogP contribution in [0.15, 0.2) is 54.6 Å². The lowest BCUT2D eigenvalue weighted by Gasteiger charge is -2.21. The summed E-state index contributed by atoms with van der Waals surface area (Å²) in [7, 11) is 0. The lowest BCUT2D eigenvalue weighted by Crippen LogP contribution is -2.47. The molecule has 0 aliphatic rings. The molecule has 0 heterocycles. The van der Waals surface area contributed by atoms with E-state index < -0.39 is 18.0 Å². The first-order valence-electron chi connectivity index (χ1n) is 8.33. The number of para-hydroxylation sites is 1. The van der Waals surface area contributed by atoms with Crippen molar-refractivity contribution in [3.63, 3.8) is 0 Å². The molecule has 2 aromatic rings. The van der Waals surface area contributed by atoms with Gasteiger partial charge in [-0.05, 0) is 23.6 Å². The van der Waals surface area contributed by atoms with Gasteiger partial charge in [-0.2, -0.15) is 0 Å². The SMILES string of the molecule is CC(C)[C@H](NC(=O)OCc1ccccc1)C(=O)Nc1ccccc1C=O. The average molecular weight is 354 g/mol. The second kappa shape index (κ2) is 9.36. The van der Waals surface area contributed by atoms with Crippen LogP contribution in [0.4, 0.5) is 10.5 Å². The van der Waals surface area contributed by atoms with Crippen molar-refractivity contribution in [2.45, 2.75) is 26.5 Å². The summed E-state index contributed by atoms with van der Waals surface area (Å²) >= 11 is 0. The molecule has 0 saturated carbocycles. The minimum absolute atomic E-state index is 0.118. The molecule has 2 N–H and O–H groups in total. The van der Waals surface area contributed by atoms with E-state index >= 15 is 0 Å². The largest absolute Gasteiger partial charge is 0.445 e. The number of hydrogen-bond acceptors (Lipinski definition) is 4. The minimum atomic E-state index is -0.794. The highest BCUT2D eigenvalue weighted by molar-refractivity contribution is 6.00. The molecule has 26 heavy (non-hydrogen) atoms. The number of ether oxygens (including phenoxy) is 1. The van der Waals surface area contributed by atoms with Gasteiger partial charge in [0, 0.05) is 5.56 Å². The Bertz CT molecular complexity index is 759. The first-order chi connectivity index (χ1) is 12.5. The number of carbonyl (C=O) groups is 3. The van der Waals surface area contributed by atoms with E-state index in [0.717, 1.165) is 5.56 Å². The van der Waals surface area contributed by atoms with Crippen molar-refractivity contribution >= 4 is 24.0 Å². The van der Waals surface area contributed by atoms with Crippen LogP contribution in [0.1, 0.15) is 29.8 Å². The quantitative estimate of drug-likeness (QED) is 0.747. The van der Waals surface area contributed by atoms with Gasteiger partial charge < -0.3 is 15.4 Å². The van der Waals surface area contributed by atoms with Gasteiger partial charge in [-0.3, -0.25) is 9.59 Å². The van der Waals surface area contributed by atoms with E-state index in [1.54, 1.807) is 24.3 Å². The molecule has 0 aromatic heterocycles. The molecule has 0 bridgehead atoms. The van der Waals surface area contributed by atoms with Gasteiger partial charge in [0.05, 0.1) is 5.69 Å².